The second-order valence-electron chi connectivity index (χ2n) is 5.98. The molecule has 1 aliphatic heterocycles. The van der Waals surface area contributed by atoms with Crippen LogP contribution in [-0.4, -0.2) is 25.1 Å². The molecule has 0 fully saturated rings. The summed E-state index contributed by atoms with van der Waals surface area (Å²) in [5.74, 6) is 0.692. The van der Waals surface area contributed by atoms with Crippen molar-refractivity contribution in [3.05, 3.63) is 48.0 Å². The van der Waals surface area contributed by atoms with E-state index in [0.29, 0.717) is 18.8 Å². The maximum absolute atomic E-state index is 12.6. The van der Waals surface area contributed by atoms with E-state index < -0.39 is 0 Å². The third-order valence-electron chi connectivity index (χ3n) is 4.36. The summed E-state index contributed by atoms with van der Waals surface area (Å²) < 4.78 is 5.65. The summed E-state index contributed by atoms with van der Waals surface area (Å²) in [6, 6.07) is 13.2. The summed E-state index contributed by atoms with van der Waals surface area (Å²) in [7, 11) is 0. The van der Waals surface area contributed by atoms with Crippen molar-refractivity contribution in [2.75, 3.05) is 29.1 Å². The van der Waals surface area contributed by atoms with Crippen LogP contribution in [0, 0.1) is 0 Å². The summed E-state index contributed by atoms with van der Waals surface area (Å²) in [6.45, 7) is 5.22. The fraction of sp³-hybridized carbons (Fsp3) is 0.316. The predicted octanol–water partition coefficient (Wildman–Crippen LogP) is 3.06. The number of fused-ring (bicyclic) bond motifs is 1. The van der Waals surface area contributed by atoms with Crippen molar-refractivity contribution >= 4 is 23.0 Å². The first kappa shape index (κ1) is 16.2. The molecule has 0 aromatic heterocycles. The number of nitrogens with two attached hydrogens (primary N) is 1. The van der Waals surface area contributed by atoms with E-state index in [4.69, 9.17) is 10.5 Å². The maximum atomic E-state index is 12.6. The number of hydrogen-bond donors (Lipinski definition) is 2. The number of carbonyl (C=O) groups excluding carboxylic acids is 1. The molecule has 2 aromatic carbocycles. The van der Waals surface area contributed by atoms with Crippen molar-refractivity contribution in [2.24, 2.45) is 0 Å². The van der Waals surface area contributed by atoms with Crippen molar-refractivity contribution in [1.82, 2.24) is 0 Å². The van der Waals surface area contributed by atoms with Gasteiger partial charge in [-0.25, -0.2) is 0 Å². The van der Waals surface area contributed by atoms with Crippen LogP contribution in [-0.2, 0) is 11.2 Å². The standard InChI is InChI=1S/C19H23N3O2/c1-3-14-4-7-16(8-5-14)21-19(23)13(2)22-10-11-24-18-12-15(20)6-9-17(18)22/h4-9,12-13H,3,10-11,20H2,1-2H3,(H,21,23). The number of carbonyl (C=O) groups is 1. The lowest BCUT2D eigenvalue weighted by Gasteiger charge is -2.35. The number of nitrogen functional groups attached to an aromatic ring is 1. The van der Waals surface area contributed by atoms with E-state index in [1.54, 1.807) is 6.07 Å². The highest BCUT2D eigenvalue weighted by Crippen LogP contribution is 2.34. The molecular formula is C19H23N3O2. The monoisotopic (exact) mass is 325 g/mol. The molecule has 0 saturated carbocycles. The lowest BCUT2D eigenvalue weighted by molar-refractivity contribution is -0.117. The number of nitrogens with zero attached hydrogens (tertiary/aromatic N) is 1. The normalized spacial score (nSPS) is 14.5. The zero-order chi connectivity index (χ0) is 17.1. The minimum atomic E-state index is -0.304. The van der Waals surface area contributed by atoms with E-state index in [9.17, 15) is 4.79 Å². The minimum absolute atomic E-state index is 0.0380. The van der Waals surface area contributed by atoms with Crippen LogP contribution in [0.4, 0.5) is 17.1 Å². The van der Waals surface area contributed by atoms with Crippen molar-refractivity contribution < 1.29 is 9.53 Å². The summed E-state index contributed by atoms with van der Waals surface area (Å²) in [4.78, 5) is 14.7. The Balaban J connectivity index is 1.74. The number of nitrogens with one attached hydrogen (secondary N) is 1. The third-order valence-corrected chi connectivity index (χ3v) is 4.36. The molecule has 0 radical (unpaired) electrons. The fourth-order valence-electron chi connectivity index (χ4n) is 2.87. The van der Waals surface area contributed by atoms with Crippen LogP contribution in [0.2, 0.25) is 0 Å². The van der Waals surface area contributed by atoms with Gasteiger partial charge in [-0.2, -0.15) is 0 Å². The summed E-state index contributed by atoms with van der Waals surface area (Å²) >= 11 is 0. The number of hydrogen-bond acceptors (Lipinski definition) is 4. The van der Waals surface area contributed by atoms with Gasteiger partial charge in [-0.1, -0.05) is 19.1 Å². The lowest BCUT2D eigenvalue weighted by atomic mass is 10.1. The molecule has 1 aliphatic rings. The average molecular weight is 325 g/mol. The molecule has 5 heteroatoms. The molecule has 0 saturated heterocycles. The van der Waals surface area contributed by atoms with Gasteiger partial charge in [-0.15, -0.1) is 0 Å². The highest BCUT2D eigenvalue weighted by Gasteiger charge is 2.27. The van der Waals surface area contributed by atoms with Crippen molar-refractivity contribution in [3.8, 4) is 5.75 Å². The Kier molecular flexibility index (Phi) is 4.60. The molecule has 24 heavy (non-hydrogen) atoms. The van der Waals surface area contributed by atoms with Gasteiger partial charge >= 0.3 is 0 Å². The Morgan fingerprint density at radius 2 is 2.04 bits per heavy atom. The Labute approximate surface area is 142 Å². The maximum Gasteiger partial charge on any atom is 0.246 e. The van der Waals surface area contributed by atoms with Gasteiger partial charge < -0.3 is 20.7 Å². The van der Waals surface area contributed by atoms with E-state index in [1.807, 2.05) is 48.2 Å². The average Bonchev–Trinajstić information content (AvgIpc) is 2.61. The number of anilines is 3. The molecule has 1 amide bonds. The van der Waals surface area contributed by atoms with Crippen LogP contribution in [0.25, 0.3) is 0 Å². The second kappa shape index (κ2) is 6.83. The third kappa shape index (κ3) is 3.30. The Hall–Kier alpha value is -2.69. The summed E-state index contributed by atoms with van der Waals surface area (Å²) in [5, 5.41) is 2.99. The largest absolute Gasteiger partial charge is 0.489 e. The van der Waals surface area contributed by atoms with E-state index in [2.05, 4.69) is 12.2 Å². The van der Waals surface area contributed by atoms with Gasteiger partial charge in [0.25, 0.3) is 0 Å². The van der Waals surface area contributed by atoms with Gasteiger partial charge in [0.1, 0.15) is 18.4 Å². The van der Waals surface area contributed by atoms with Gasteiger partial charge in [-0.3, -0.25) is 4.79 Å². The topological polar surface area (TPSA) is 67.6 Å². The van der Waals surface area contributed by atoms with E-state index >= 15 is 0 Å². The van der Waals surface area contributed by atoms with Crippen LogP contribution in [0.1, 0.15) is 19.4 Å². The number of ether oxygens (including phenoxy) is 1. The molecule has 126 valence electrons. The summed E-state index contributed by atoms with van der Waals surface area (Å²) in [5.41, 5.74) is 9.44. The fourth-order valence-corrected chi connectivity index (χ4v) is 2.87. The molecule has 1 heterocycles. The Bertz CT molecular complexity index is 728. The smallest absolute Gasteiger partial charge is 0.246 e. The molecule has 3 N–H and O–H groups in total. The van der Waals surface area contributed by atoms with Gasteiger partial charge in [0, 0.05) is 17.4 Å². The van der Waals surface area contributed by atoms with E-state index in [0.717, 1.165) is 23.5 Å². The number of rotatable bonds is 4. The number of aryl methyl sites for hydroxylation is 1. The van der Waals surface area contributed by atoms with Crippen LogP contribution >= 0.6 is 0 Å². The molecule has 0 spiro atoms. The molecule has 3 rings (SSSR count). The predicted molar refractivity (Wildman–Crippen MR) is 97.6 cm³/mol. The zero-order valence-corrected chi connectivity index (χ0v) is 14.1. The molecular weight excluding hydrogens is 302 g/mol. The lowest BCUT2D eigenvalue weighted by Crippen LogP contribution is -2.46. The van der Waals surface area contributed by atoms with Crippen LogP contribution in [0.15, 0.2) is 42.5 Å². The summed E-state index contributed by atoms with van der Waals surface area (Å²) in [6.07, 6.45) is 0.984. The van der Waals surface area contributed by atoms with Crippen LogP contribution in [0.3, 0.4) is 0 Å². The van der Waals surface area contributed by atoms with Crippen LogP contribution < -0.4 is 20.7 Å². The van der Waals surface area contributed by atoms with Gasteiger partial charge in [-0.05, 0) is 43.2 Å². The van der Waals surface area contributed by atoms with Gasteiger partial charge in [0.2, 0.25) is 5.91 Å². The highest BCUT2D eigenvalue weighted by molar-refractivity contribution is 5.97. The first-order valence-corrected chi connectivity index (χ1v) is 8.27. The van der Waals surface area contributed by atoms with E-state index in [-0.39, 0.29) is 11.9 Å². The first-order chi connectivity index (χ1) is 11.6. The highest BCUT2D eigenvalue weighted by atomic mass is 16.5. The zero-order valence-electron chi connectivity index (χ0n) is 14.1. The first-order valence-electron chi connectivity index (χ1n) is 8.27. The van der Waals surface area contributed by atoms with Crippen molar-refractivity contribution in [3.63, 3.8) is 0 Å². The van der Waals surface area contributed by atoms with Crippen molar-refractivity contribution in [1.29, 1.82) is 0 Å². The number of amides is 1. The number of benzene rings is 2. The van der Waals surface area contributed by atoms with Gasteiger partial charge in [0.05, 0.1) is 12.2 Å². The van der Waals surface area contributed by atoms with Crippen molar-refractivity contribution in [2.45, 2.75) is 26.3 Å². The van der Waals surface area contributed by atoms with E-state index in [1.165, 1.54) is 5.56 Å². The quantitative estimate of drug-likeness (QED) is 0.848. The molecule has 5 nitrogen and oxygen atoms in total. The SMILES string of the molecule is CCc1ccc(NC(=O)C(C)N2CCOc3cc(N)ccc32)cc1. The van der Waals surface area contributed by atoms with Gasteiger partial charge in [0.15, 0.2) is 0 Å². The molecule has 0 bridgehead atoms. The molecule has 0 aliphatic carbocycles. The Morgan fingerprint density at radius 3 is 2.75 bits per heavy atom. The molecule has 2 aromatic rings. The van der Waals surface area contributed by atoms with Crippen LogP contribution in [0.5, 0.6) is 5.75 Å². The molecule has 1 atom stereocenters. The Morgan fingerprint density at radius 1 is 1.29 bits per heavy atom. The second-order valence-corrected chi connectivity index (χ2v) is 5.98. The molecule has 1 unspecified atom stereocenters. The minimum Gasteiger partial charge on any atom is -0.489 e.